The lowest BCUT2D eigenvalue weighted by Gasteiger charge is -2.34. The van der Waals surface area contributed by atoms with Gasteiger partial charge in [-0.15, -0.1) is 0 Å². The van der Waals surface area contributed by atoms with Crippen LogP contribution in [0.1, 0.15) is 25.8 Å². The Balaban J connectivity index is 2.48. The van der Waals surface area contributed by atoms with E-state index in [9.17, 15) is 4.79 Å². The van der Waals surface area contributed by atoms with E-state index >= 15 is 0 Å². The molecule has 0 saturated heterocycles. The van der Waals surface area contributed by atoms with Crippen LogP contribution in [-0.2, 0) is 20.1 Å². The molecule has 6 heteroatoms. The van der Waals surface area contributed by atoms with Gasteiger partial charge in [0.05, 0.1) is 9.72 Å². The molecule has 0 fully saturated rings. The molecule has 2 aromatic carbocycles. The van der Waals surface area contributed by atoms with E-state index in [0.717, 1.165) is 15.4 Å². The highest BCUT2D eigenvalue weighted by Gasteiger charge is 2.38. The second-order valence-corrected chi connectivity index (χ2v) is 8.08. The Hall–Kier alpha value is -1.34. The lowest BCUT2D eigenvalue weighted by Crippen LogP contribution is -2.38. The third kappa shape index (κ3) is 4.68. The van der Waals surface area contributed by atoms with Gasteiger partial charge in [-0.3, -0.25) is 4.79 Å². The lowest BCUT2D eigenvalue weighted by atomic mass is 10.0. The molecule has 1 unspecified atom stereocenters. The Kier molecular flexibility index (Phi) is 7.70. The van der Waals surface area contributed by atoms with Crippen LogP contribution < -0.4 is 4.74 Å². The van der Waals surface area contributed by atoms with Gasteiger partial charge >= 0.3 is 5.97 Å². The molecular weight excluding hydrogens is 416 g/mol. The summed E-state index contributed by atoms with van der Waals surface area (Å²) in [6, 6.07) is 15.6. The Morgan fingerprint density at radius 3 is 2.35 bits per heavy atom. The van der Waals surface area contributed by atoms with E-state index in [1.807, 2.05) is 55.5 Å². The van der Waals surface area contributed by atoms with Crippen molar-refractivity contribution in [2.24, 2.45) is 0 Å². The van der Waals surface area contributed by atoms with Gasteiger partial charge < -0.3 is 14.2 Å². The molecule has 0 aliphatic carbocycles. The van der Waals surface area contributed by atoms with Crippen molar-refractivity contribution in [3.8, 4) is 5.75 Å². The van der Waals surface area contributed by atoms with Crippen molar-refractivity contribution < 1.29 is 19.0 Å². The fourth-order valence-corrected chi connectivity index (χ4v) is 4.10. The number of alkyl halides is 1. The lowest BCUT2D eigenvalue weighted by molar-refractivity contribution is -0.212. The minimum absolute atomic E-state index is 0.118. The van der Waals surface area contributed by atoms with Crippen LogP contribution >= 0.6 is 27.7 Å². The van der Waals surface area contributed by atoms with Gasteiger partial charge in [0.15, 0.2) is 0 Å². The number of hydrogen-bond donors (Lipinski definition) is 0. The van der Waals surface area contributed by atoms with Crippen molar-refractivity contribution in [3.63, 3.8) is 0 Å². The molecule has 26 heavy (non-hydrogen) atoms. The van der Waals surface area contributed by atoms with Crippen LogP contribution in [0, 0.1) is 0 Å². The maximum atomic E-state index is 11.9. The highest BCUT2D eigenvalue weighted by molar-refractivity contribution is 9.09. The second-order valence-electron chi connectivity index (χ2n) is 5.60. The largest absolute Gasteiger partial charge is 0.425 e. The minimum Gasteiger partial charge on any atom is -0.425 e. The summed E-state index contributed by atoms with van der Waals surface area (Å²) in [5.41, 5.74) is 0.767. The SMILES string of the molecule is CCC(=O)Oc1cc(C(OC)(OC)C(C)Br)ccc1Sc1ccccc1. The van der Waals surface area contributed by atoms with Crippen LogP contribution in [0.4, 0.5) is 0 Å². The van der Waals surface area contributed by atoms with Crippen LogP contribution in [0.2, 0.25) is 0 Å². The standard InChI is InChI=1S/C20H23BrO4S/c1-5-19(22)25-17-13-15(20(23-3,24-4)14(2)21)11-12-18(17)26-16-9-7-6-8-10-16/h6-14H,5H2,1-4H3. The van der Waals surface area contributed by atoms with E-state index in [1.165, 1.54) is 11.8 Å². The van der Waals surface area contributed by atoms with Gasteiger partial charge in [0.25, 0.3) is 0 Å². The maximum absolute atomic E-state index is 11.9. The molecule has 0 saturated carbocycles. The Bertz CT molecular complexity index is 730. The summed E-state index contributed by atoms with van der Waals surface area (Å²) in [4.78, 5) is 13.7. The van der Waals surface area contributed by atoms with Gasteiger partial charge in [-0.1, -0.05) is 58.9 Å². The summed E-state index contributed by atoms with van der Waals surface area (Å²) >= 11 is 5.09. The Morgan fingerprint density at radius 2 is 1.81 bits per heavy atom. The number of benzene rings is 2. The molecule has 2 aromatic rings. The number of hydrogen-bond acceptors (Lipinski definition) is 5. The normalized spacial score (nSPS) is 12.7. The van der Waals surface area contributed by atoms with Gasteiger partial charge in [0.2, 0.25) is 5.79 Å². The van der Waals surface area contributed by atoms with Crippen LogP contribution in [0.25, 0.3) is 0 Å². The van der Waals surface area contributed by atoms with Crippen LogP contribution in [0.3, 0.4) is 0 Å². The highest BCUT2D eigenvalue weighted by Crippen LogP contribution is 2.41. The molecule has 2 rings (SSSR count). The maximum Gasteiger partial charge on any atom is 0.310 e. The molecule has 0 bridgehead atoms. The Morgan fingerprint density at radius 1 is 1.15 bits per heavy atom. The van der Waals surface area contributed by atoms with Gasteiger partial charge in [0, 0.05) is 31.1 Å². The topological polar surface area (TPSA) is 44.8 Å². The molecule has 0 amide bonds. The third-order valence-corrected chi connectivity index (χ3v) is 5.63. The molecule has 0 heterocycles. The number of carbonyl (C=O) groups excluding carboxylic acids is 1. The van der Waals surface area contributed by atoms with Gasteiger partial charge in [-0.05, 0) is 31.2 Å². The van der Waals surface area contributed by atoms with Gasteiger partial charge in [0.1, 0.15) is 5.75 Å². The average Bonchev–Trinajstić information content (AvgIpc) is 2.65. The first kappa shape index (κ1) is 21.0. The first-order valence-corrected chi connectivity index (χ1v) is 10.0. The van der Waals surface area contributed by atoms with E-state index in [4.69, 9.17) is 14.2 Å². The van der Waals surface area contributed by atoms with Crippen molar-refractivity contribution in [1.82, 2.24) is 0 Å². The molecule has 1 atom stereocenters. The number of rotatable bonds is 8. The minimum atomic E-state index is -0.983. The molecule has 0 aliphatic heterocycles. The van der Waals surface area contributed by atoms with E-state index in [0.29, 0.717) is 12.2 Å². The van der Waals surface area contributed by atoms with Crippen LogP contribution in [0.15, 0.2) is 58.3 Å². The predicted octanol–water partition coefficient (Wildman–Crippen LogP) is 5.38. The van der Waals surface area contributed by atoms with Gasteiger partial charge in [-0.2, -0.15) is 0 Å². The number of halogens is 1. The van der Waals surface area contributed by atoms with Crippen molar-refractivity contribution in [2.45, 2.75) is 40.7 Å². The van der Waals surface area contributed by atoms with Gasteiger partial charge in [-0.25, -0.2) is 0 Å². The summed E-state index contributed by atoms with van der Waals surface area (Å²) in [7, 11) is 3.18. The molecule has 4 nitrogen and oxygen atoms in total. The predicted molar refractivity (Wildman–Crippen MR) is 107 cm³/mol. The van der Waals surface area contributed by atoms with Crippen molar-refractivity contribution >= 4 is 33.7 Å². The molecular formula is C20H23BrO4S. The number of ether oxygens (including phenoxy) is 3. The monoisotopic (exact) mass is 438 g/mol. The fourth-order valence-electron chi connectivity index (χ4n) is 2.57. The van der Waals surface area contributed by atoms with Crippen molar-refractivity contribution in [3.05, 3.63) is 54.1 Å². The van der Waals surface area contributed by atoms with Crippen molar-refractivity contribution in [1.29, 1.82) is 0 Å². The second kappa shape index (κ2) is 9.55. The first-order valence-electron chi connectivity index (χ1n) is 8.29. The number of methoxy groups -OCH3 is 2. The van der Waals surface area contributed by atoms with Crippen LogP contribution in [-0.4, -0.2) is 25.0 Å². The molecule has 140 valence electrons. The quantitative estimate of drug-likeness (QED) is 0.239. The van der Waals surface area contributed by atoms with E-state index in [1.54, 1.807) is 21.1 Å². The fraction of sp³-hybridized carbons (Fsp3) is 0.350. The van der Waals surface area contributed by atoms with Crippen molar-refractivity contribution in [2.75, 3.05) is 14.2 Å². The third-order valence-electron chi connectivity index (χ3n) is 3.96. The molecule has 0 radical (unpaired) electrons. The molecule has 0 aromatic heterocycles. The molecule has 0 N–H and O–H groups in total. The summed E-state index contributed by atoms with van der Waals surface area (Å²) in [5.74, 6) is -0.775. The smallest absolute Gasteiger partial charge is 0.310 e. The highest BCUT2D eigenvalue weighted by atomic mass is 79.9. The summed E-state index contributed by atoms with van der Waals surface area (Å²) in [5, 5.41) is 0. The average molecular weight is 439 g/mol. The zero-order valence-electron chi connectivity index (χ0n) is 15.3. The number of esters is 1. The summed E-state index contributed by atoms with van der Waals surface area (Å²) < 4.78 is 16.9. The zero-order valence-corrected chi connectivity index (χ0v) is 17.7. The zero-order chi connectivity index (χ0) is 19.2. The molecule has 0 spiro atoms. The Labute approximate surface area is 167 Å². The van der Waals surface area contributed by atoms with E-state index in [-0.39, 0.29) is 10.8 Å². The first-order chi connectivity index (χ1) is 12.5. The van der Waals surface area contributed by atoms with E-state index < -0.39 is 5.79 Å². The molecule has 0 aliphatic rings. The summed E-state index contributed by atoms with van der Waals surface area (Å²) in [6.07, 6.45) is 0.300. The number of carbonyl (C=O) groups is 1. The summed E-state index contributed by atoms with van der Waals surface area (Å²) in [6.45, 7) is 3.71. The van der Waals surface area contributed by atoms with E-state index in [2.05, 4.69) is 15.9 Å². The van der Waals surface area contributed by atoms with Crippen LogP contribution in [0.5, 0.6) is 5.75 Å².